The van der Waals surface area contributed by atoms with Gasteiger partial charge in [-0.1, -0.05) is 32.4 Å². The van der Waals surface area contributed by atoms with Gasteiger partial charge < -0.3 is 20.1 Å². The molecule has 0 radical (unpaired) electrons. The first kappa shape index (κ1) is 20.2. The van der Waals surface area contributed by atoms with Crippen LogP contribution in [0.2, 0.25) is 0 Å². The van der Waals surface area contributed by atoms with Crippen molar-refractivity contribution in [1.82, 2.24) is 10.6 Å². The SMILES string of the molecule is CCCOc1ccc([C@@H]2NC(=O)NC(C)=C2C(=O)O[C@@H]2CCC[C@@H](C)C2)cc1. The fourth-order valence-corrected chi connectivity index (χ4v) is 3.89. The first-order valence-corrected chi connectivity index (χ1v) is 10.2. The Balaban J connectivity index is 1.79. The second-order valence-electron chi connectivity index (χ2n) is 7.79. The quantitative estimate of drug-likeness (QED) is 0.718. The van der Waals surface area contributed by atoms with E-state index in [-0.39, 0.29) is 18.1 Å². The number of benzene rings is 1. The molecule has 3 atom stereocenters. The molecule has 3 rings (SSSR count). The predicted octanol–water partition coefficient (Wildman–Crippen LogP) is 4.23. The van der Waals surface area contributed by atoms with Crippen LogP contribution in [-0.4, -0.2) is 24.7 Å². The Morgan fingerprint density at radius 3 is 2.64 bits per heavy atom. The molecule has 6 nitrogen and oxygen atoms in total. The Labute approximate surface area is 166 Å². The van der Waals surface area contributed by atoms with Gasteiger partial charge in [-0.15, -0.1) is 0 Å². The van der Waals surface area contributed by atoms with Crippen LogP contribution in [0.1, 0.15) is 64.5 Å². The summed E-state index contributed by atoms with van der Waals surface area (Å²) in [6.45, 7) is 6.64. The van der Waals surface area contributed by atoms with Crippen molar-refractivity contribution in [3.8, 4) is 5.75 Å². The van der Waals surface area contributed by atoms with E-state index in [4.69, 9.17) is 9.47 Å². The highest BCUT2D eigenvalue weighted by Gasteiger charge is 2.34. The third-order valence-corrected chi connectivity index (χ3v) is 5.34. The zero-order chi connectivity index (χ0) is 20.1. The minimum absolute atomic E-state index is 0.0559. The van der Waals surface area contributed by atoms with Crippen LogP contribution in [0.25, 0.3) is 0 Å². The summed E-state index contributed by atoms with van der Waals surface area (Å²) < 4.78 is 11.4. The van der Waals surface area contributed by atoms with Crippen molar-refractivity contribution in [2.24, 2.45) is 5.92 Å². The summed E-state index contributed by atoms with van der Waals surface area (Å²) in [7, 11) is 0. The third kappa shape index (κ3) is 4.86. The molecule has 0 bridgehead atoms. The topological polar surface area (TPSA) is 76.7 Å². The van der Waals surface area contributed by atoms with Gasteiger partial charge in [0, 0.05) is 5.70 Å². The van der Waals surface area contributed by atoms with E-state index in [0.717, 1.165) is 37.0 Å². The molecular weight excluding hydrogens is 356 g/mol. The number of rotatable bonds is 6. The minimum atomic E-state index is -0.539. The van der Waals surface area contributed by atoms with E-state index in [1.807, 2.05) is 24.3 Å². The first-order chi connectivity index (χ1) is 13.5. The summed E-state index contributed by atoms with van der Waals surface area (Å²) in [5, 5.41) is 5.55. The molecule has 152 valence electrons. The molecule has 2 amide bonds. The van der Waals surface area contributed by atoms with Gasteiger partial charge >= 0.3 is 12.0 Å². The molecule has 2 aliphatic rings. The molecule has 1 aliphatic carbocycles. The van der Waals surface area contributed by atoms with Crippen LogP contribution in [0, 0.1) is 5.92 Å². The second-order valence-corrected chi connectivity index (χ2v) is 7.79. The van der Waals surface area contributed by atoms with Gasteiger partial charge in [0.15, 0.2) is 0 Å². The van der Waals surface area contributed by atoms with Crippen LogP contribution >= 0.6 is 0 Å². The number of nitrogens with one attached hydrogen (secondary N) is 2. The Bertz CT molecular complexity index is 741. The number of hydrogen-bond donors (Lipinski definition) is 2. The van der Waals surface area contributed by atoms with Crippen LogP contribution in [-0.2, 0) is 9.53 Å². The number of urea groups is 1. The molecule has 2 N–H and O–H groups in total. The van der Waals surface area contributed by atoms with Crippen molar-refractivity contribution in [3.63, 3.8) is 0 Å². The summed E-state index contributed by atoms with van der Waals surface area (Å²) in [5.74, 6) is 0.976. The van der Waals surface area contributed by atoms with Gasteiger partial charge in [0.2, 0.25) is 0 Å². The standard InChI is InChI=1S/C22H30N2O4/c1-4-12-27-17-10-8-16(9-11-17)20-19(15(3)23-22(26)24-20)21(25)28-18-7-5-6-14(2)13-18/h8-11,14,18,20H,4-7,12-13H2,1-3H3,(H2,23,24,26)/t14-,18-,20+/m1/s1. The molecule has 0 aromatic heterocycles. The Kier molecular flexibility index (Phi) is 6.60. The Morgan fingerprint density at radius 1 is 1.21 bits per heavy atom. The second kappa shape index (κ2) is 9.13. The molecule has 1 saturated carbocycles. The molecule has 1 heterocycles. The highest BCUT2D eigenvalue weighted by atomic mass is 16.5. The predicted molar refractivity (Wildman–Crippen MR) is 107 cm³/mol. The maximum absolute atomic E-state index is 13.0. The lowest BCUT2D eigenvalue weighted by Gasteiger charge is -2.31. The van der Waals surface area contributed by atoms with Crippen LogP contribution in [0.15, 0.2) is 35.5 Å². The van der Waals surface area contributed by atoms with Crippen molar-refractivity contribution in [2.75, 3.05) is 6.61 Å². The molecule has 6 heteroatoms. The van der Waals surface area contributed by atoms with Crippen molar-refractivity contribution in [3.05, 3.63) is 41.1 Å². The van der Waals surface area contributed by atoms with Gasteiger partial charge in [-0.25, -0.2) is 9.59 Å². The number of carbonyl (C=O) groups excluding carboxylic acids is 2. The summed E-state index contributed by atoms with van der Waals surface area (Å²) in [4.78, 5) is 25.0. The van der Waals surface area contributed by atoms with Gasteiger partial charge in [0.05, 0.1) is 18.2 Å². The van der Waals surface area contributed by atoms with Crippen molar-refractivity contribution < 1.29 is 19.1 Å². The fraction of sp³-hybridized carbons (Fsp3) is 0.545. The number of amides is 2. The summed E-state index contributed by atoms with van der Waals surface area (Å²) in [6.07, 6.45) is 4.93. The number of allylic oxidation sites excluding steroid dienone is 1. The molecule has 28 heavy (non-hydrogen) atoms. The van der Waals surface area contributed by atoms with Gasteiger partial charge in [-0.05, 0) is 56.2 Å². The third-order valence-electron chi connectivity index (χ3n) is 5.34. The van der Waals surface area contributed by atoms with Crippen LogP contribution in [0.5, 0.6) is 5.75 Å². The molecule has 1 fully saturated rings. The number of esters is 1. The summed E-state index contributed by atoms with van der Waals surface area (Å²) in [6, 6.07) is 6.62. The van der Waals surface area contributed by atoms with Gasteiger partial charge in [-0.2, -0.15) is 0 Å². The van der Waals surface area contributed by atoms with E-state index in [1.54, 1.807) is 6.92 Å². The van der Waals surface area contributed by atoms with Gasteiger partial charge in [0.1, 0.15) is 11.9 Å². The Morgan fingerprint density at radius 2 is 1.96 bits per heavy atom. The number of ether oxygens (including phenoxy) is 2. The van der Waals surface area contributed by atoms with E-state index in [1.165, 1.54) is 6.42 Å². The minimum Gasteiger partial charge on any atom is -0.494 e. The largest absolute Gasteiger partial charge is 0.494 e. The molecular formula is C22H30N2O4. The van der Waals surface area contributed by atoms with E-state index in [9.17, 15) is 9.59 Å². The molecule has 1 aromatic rings. The lowest BCUT2D eigenvalue weighted by molar-refractivity contribution is -0.146. The van der Waals surface area contributed by atoms with E-state index in [0.29, 0.717) is 23.8 Å². The van der Waals surface area contributed by atoms with Crippen LogP contribution < -0.4 is 15.4 Å². The zero-order valence-electron chi connectivity index (χ0n) is 16.9. The maximum Gasteiger partial charge on any atom is 0.338 e. The molecule has 0 spiro atoms. The number of hydrogen-bond acceptors (Lipinski definition) is 4. The van der Waals surface area contributed by atoms with Crippen molar-refractivity contribution in [2.45, 2.75) is 65.0 Å². The average molecular weight is 386 g/mol. The summed E-state index contributed by atoms with van der Waals surface area (Å²) in [5.41, 5.74) is 1.82. The lowest BCUT2D eigenvalue weighted by atomic mass is 9.88. The highest BCUT2D eigenvalue weighted by molar-refractivity contribution is 5.95. The zero-order valence-corrected chi connectivity index (χ0v) is 16.9. The molecule has 0 saturated heterocycles. The lowest BCUT2D eigenvalue weighted by Crippen LogP contribution is -2.45. The van der Waals surface area contributed by atoms with E-state index >= 15 is 0 Å². The van der Waals surface area contributed by atoms with Gasteiger partial charge in [0.25, 0.3) is 0 Å². The van der Waals surface area contributed by atoms with Crippen LogP contribution in [0.4, 0.5) is 4.79 Å². The van der Waals surface area contributed by atoms with E-state index in [2.05, 4.69) is 24.5 Å². The first-order valence-electron chi connectivity index (χ1n) is 10.2. The van der Waals surface area contributed by atoms with Crippen molar-refractivity contribution >= 4 is 12.0 Å². The maximum atomic E-state index is 13.0. The molecule has 0 unspecified atom stereocenters. The van der Waals surface area contributed by atoms with Crippen LogP contribution in [0.3, 0.4) is 0 Å². The monoisotopic (exact) mass is 386 g/mol. The normalized spacial score (nSPS) is 25.0. The Hall–Kier alpha value is -2.50. The number of carbonyl (C=O) groups is 2. The molecule has 1 aliphatic heterocycles. The smallest absolute Gasteiger partial charge is 0.338 e. The summed E-state index contributed by atoms with van der Waals surface area (Å²) >= 11 is 0. The average Bonchev–Trinajstić information content (AvgIpc) is 2.66. The molecule has 1 aromatic carbocycles. The fourth-order valence-electron chi connectivity index (χ4n) is 3.89. The van der Waals surface area contributed by atoms with Crippen molar-refractivity contribution in [1.29, 1.82) is 0 Å². The van der Waals surface area contributed by atoms with E-state index < -0.39 is 6.04 Å². The van der Waals surface area contributed by atoms with Gasteiger partial charge in [-0.3, -0.25) is 0 Å². The highest BCUT2D eigenvalue weighted by Crippen LogP contribution is 2.31.